The molecule has 0 radical (unpaired) electrons. The van der Waals surface area contributed by atoms with Crippen LogP contribution in [0.4, 0.5) is 0 Å². The lowest BCUT2D eigenvalue weighted by Gasteiger charge is -2.15. The Bertz CT molecular complexity index is 411. The number of rotatable bonds is 5. The molecule has 0 aliphatic heterocycles. The molecule has 0 N–H and O–H groups in total. The van der Waals surface area contributed by atoms with Gasteiger partial charge in [-0.3, -0.25) is 4.79 Å². The van der Waals surface area contributed by atoms with E-state index in [1.807, 2.05) is 19.1 Å². The largest absolute Gasteiger partial charge is 0.493 e. The first-order valence-electron chi connectivity index (χ1n) is 5.84. The zero-order valence-electron chi connectivity index (χ0n) is 10.8. The van der Waals surface area contributed by atoms with E-state index in [2.05, 4.69) is 13.8 Å². The maximum atomic E-state index is 10.9. The first kappa shape index (κ1) is 14.0. The summed E-state index contributed by atoms with van der Waals surface area (Å²) in [5.74, 6) is 1.32. The zero-order chi connectivity index (χ0) is 13.0. The van der Waals surface area contributed by atoms with E-state index in [9.17, 15) is 4.79 Å². The van der Waals surface area contributed by atoms with E-state index in [1.165, 1.54) is 0 Å². The standard InChI is InChI=1S/C14H19ClO2/c1-9(2)12-8-13(15)10(3)7-14(12)17-6-5-11(4)16/h7-9H,5-6H2,1-4H3. The fourth-order valence-electron chi connectivity index (χ4n) is 1.55. The molecule has 0 saturated heterocycles. The molecule has 1 aromatic carbocycles. The maximum absolute atomic E-state index is 10.9. The summed E-state index contributed by atoms with van der Waals surface area (Å²) in [4.78, 5) is 10.9. The molecule has 0 heterocycles. The molecule has 0 unspecified atom stereocenters. The van der Waals surface area contributed by atoms with Crippen LogP contribution in [-0.4, -0.2) is 12.4 Å². The minimum Gasteiger partial charge on any atom is -0.493 e. The molecule has 3 heteroatoms. The van der Waals surface area contributed by atoms with Gasteiger partial charge in [-0.05, 0) is 43.0 Å². The predicted molar refractivity (Wildman–Crippen MR) is 71.1 cm³/mol. The second-order valence-electron chi connectivity index (χ2n) is 4.59. The van der Waals surface area contributed by atoms with Crippen LogP contribution in [0.3, 0.4) is 0 Å². The Hall–Kier alpha value is -1.02. The Kier molecular flexibility index (Phi) is 5.01. The Balaban J connectivity index is 2.88. The normalized spacial score (nSPS) is 10.7. The van der Waals surface area contributed by atoms with Gasteiger partial charge in [0.15, 0.2) is 0 Å². The Morgan fingerprint density at radius 2 is 2.06 bits per heavy atom. The number of carbonyl (C=O) groups excluding carboxylic acids is 1. The highest BCUT2D eigenvalue weighted by atomic mass is 35.5. The van der Waals surface area contributed by atoms with Gasteiger partial charge in [-0.15, -0.1) is 0 Å². The van der Waals surface area contributed by atoms with Gasteiger partial charge in [0.25, 0.3) is 0 Å². The van der Waals surface area contributed by atoms with Crippen molar-refractivity contribution in [2.24, 2.45) is 0 Å². The number of ketones is 1. The van der Waals surface area contributed by atoms with Gasteiger partial charge in [0.05, 0.1) is 6.61 Å². The third kappa shape index (κ3) is 4.04. The summed E-state index contributed by atoms with van der Waals surface area (Å²) in [5.41, 5.74) is 2.08. The molecule has 0 bridgehead atoms. The molecule has 0 spiro atoms. The first-order chi connectivity index (χ1) is 7.91. The van der Waals surface area contributed by atoms with Crippen LogP contribution in [0.1, 0.15) is 44.2 Å². The summed E-state index contributed by atoms with van der Waals surface area (Å²) in [6.45, 7) is 8.14. The van der Waals surface area contributed by atoms with Crippen LogP contribution >= 0.6 is 11.6 Å². The van der Waals surface area contributed by atoms with Crippen molar-refractivity contribution in [2.45, 2.75) is 40.0 Å². The lowest BCUT2D eigenvalue weighted by Crippen LogP contribution is -2.05. The molecule has 0 aliphatic rings. The molecule has 94 valence electrons. The highest BCUT2D eigenvalue weighted by molar-refractivity contribution is 6.31. The van der Waals surface area contributed by atoms with Crippen molar-refractivity contribution in [3.8, 4) is 5.75 Å². The van der Waals surface area contributed by atoms with E-state index >= 15 is 0 Å². The van der Waals surface area contributed by atoms with Gasteiger partial charge in [0, 0.05) is 11.4 Å². The van der Waals surface area contributed by atoms with Crippen LogP contribution in [0.5, 0.6) is 5.75 Å². The highest BCUT2D eigenvalue weighted by Gasteiger charge is 2.11. The molecule has 1 rings (SSSR count). The third-order valence-electron chi connectivity index (χ3n) is 2.62. The second-order valence-corrected chi connectivity index (χ2v) is 5.00. The van der Waals surface area contributed by atoms with Gasteiger partial charge in [-0.2, -0.15) is 0 Å². The van der Waals surface area contributed by atoms with Crippen LogP contribution in [0.25, 0.3) is 0 Å². The topological polar surface area (TPSA) is 26.3 Å². The molecule has 0 aliphatic carbocycles. The molecule has 0 atom stereocenters. The van der Waals surface area contributed by atoms with Crippen molar-refractivity contribution in [1.29, 1.82) is 0 Å². The van der Waals surface area contributed by atoms with Gasteiger partial charge < -0.3 is 4.74 Å². The molecule has 17 heavy (non-hydrogen) atoms. The second kappa shape index (κ2) is 6.06. The van der Waals surface area contributed by atoms with Gasteiger partial charge in [0.2, 0.25) is 0 Å². The monoisotopic (exact) mass is 254 g/mol. The number of aryl methyl sites for hydroxylation is 1. The highest BCUT2D eigenvalue weighted by Crippen LogP contribution is 2.32. The van der Waals surface area contributed by atoms with Crippen LogP contribution in [-0.2, 0) is 4.79 Å². The SMILES string of the molecule is CC(=O)CCOc1cc(C)c(Cl)cc1C(C)C. The predicted octanol–water partition coefficient (Wildman–Crippen LogP) is 4.13. The zero-order valence-corrected chi connectivity index (χ0v) is 11.6. The van der Waals surface area contributed by atoms with Gasteiger partial charge in [-0.1, -0.05) is 25.4 Å². The fourth-order valence-corrected chi connectivity index (χ4v) is 1.72. The number of carbonyl (C=O) groups is 1. The summed E-state index contributed by atoms with van der Waals surface area (Å²) >= 11 is 6.10. The number of halogens is 1. The van der Waals surface area contributed by atoms with Crippen molar-refractivity contribution in [2.75, 3.05) is 6.61 Å². The first-order valence-corrected chi connectivity index (χ1v) is 6.22. The minimum atomic E-state index is 0.141. The van der Waals surface area contributed by atoms with E-state index < -0.39 is 0 Å². The third-order valence-corrected chi connectivity index (χ3v) is 3.03. The van der Waals surface area contributed by atoms with Crippen LogP contribution in [0.15, 0.2) is 12.1 Å². The van der Waals surface area contributed by atoms with Crippen LogP contribution < -0.4 is 4.74 Å². The molecule has 0 saturated carbocycles. The van der Waals surface area contributed by atoms with Crippen molar-refractivity contribution in [3.05, 3.63) is 28.3 Å². The summed E-state index contributed by atoms with van der Waals surface area (Å²) in [7, 11) is 0. The van der Waals surface area contributed by atoms with Gasteiger partial charge >= 0.3 is 0 Å². The summed E-state index contributed by atoms with van der Waals surface area (Å²) in [6, 6.07) is 3.89. The maximum Gasteiger partial charge on any atom is 0.133 e. The number of hydrogen-bond acceptors (Lipinski definition) is 2. The smallest absolute Gasteiger partial charge is 0.133 e. The molecule has 0 aromatic heterocycles. The molecule has 0 fully saturated rings. The fraction of sp³-hybridized carbons (Fsp3) is 0.500. The van der Waals surface area contributed by atoms with E-state index in [-0.39, 0.29) is 5.78 Å². The summed E-state index contributed by atoms with van der Waals surface area (Å²) in [5, 5.41) is 0.757. The average Bonchev–Trinajstić information content (AvgIpc) is 2.22. The average molecular weight is 255 g/mol. The summed E-state index contributed by atoms with van der Waals surface area (Å²) < 4.78 is 5.67. The minimum absolute atomic E-state index is 0.141. The molecule has 2 nitrogen and oxygen atoms in total. The molecular formula is C14H19ClO2. The lowest BCUT2D eigenvalue weighted by molar-refractivity contribution is -0.117. The Morgan fingerprint density at radius 3 is 2.59 bits per heavy atom. The van der Waals surface area contributed by atoms with E-state index in [1.54, 1.807) is 6.92 Å². The van der Waals surface area contributed by atoms with Crippen LogP contribution in [0.2, 0.25) is 5.02 Å². The number of hydrogen-bond donors (Lipinski definition) is 0. The van der Waals surface area contributed by atoms with Gasteiger partial charge in [-0.25, -0.2) is 0 Å². The van der Waals surface area contributed by atoms with E-state index in [0.717, 1.165) is 21.9 Å². The molecule has 1 aromatic rings. The lowest BCUT2D eigenvalue weighted by atomic mass is 10.0. The van der Waals surface area contributed by atoms with Crippen LogP contribution in [0, 0.1) is 6.92 Å². The van der Waals surface area contributed by atoms with Crippen molar-refractivity contribution in [3.63, 3.8) is 0 Å². The number of benzene rings is 1. The van der Waals surface area contributed by atoms with Gasteiger partial charge in [0.1, 0.15) is 11.5 Å². The molecular weight excluding hydrogens is 236 g/mol. The molecule has 0 amide bonds. The van der Waals surface area contributed by atoms with E-state index in [0.29, 0.717) is 18.9 Å². The Labute approximate surface area is 108 Å². The van der Waals surface area contributed by atoms with E-state index in [4.69, 9.17) is 16.3 Å². The number of Topliss-reactive ketones (excluding diaryl/α,β-unsaturated/α-hetero) is 1. The quantitative estimate of drug-likeness (QED) is 0.790. The van der Waals surface area contributed by atoms with Crippen molar-refractivity contribution < 1.29 is 9.53 Å². The van der Waals surface area contributed by atoms with Crippen molar-refractivity contribution in [1.82, 2.24) is 0 Å². The Morgan fingerprint density at radius 1 is 1.41 bits per heavy atom. The van der Waals surface area contributed by atoms with Crippen molar-refractivity contribution >= 4 is 17.4 Å². The number of ether oxygens (including phenoxy) is 1. The summed E-state index contributed by atoms with van der Waals surface area (Å²) in [6.07, 6.45) is 0.444.